The second-order valence-electron chi connectivity index (χ2n) is 11.3. The van der Waals surface area contributed by atoms with Gasteiger partial charge in [-0.15, -0.1) is 85.5 Å². The van der Waals surface area contributed by atoms with Crippen LogP contribution in [-0.2, 0) is 34.1 Å². The standard InChI is InChI=1S/3C10H16F2.C9H13F2.C3H6.6C2H4.2CN.2CH3.2Cu.2Li.Th/c3*1-4-6-8-10(11,12)9(3)7-5-2;1-4-6-7-9(10,11)8(3)5-2;1-3-2;8*1-2;;;;;;;/h3*5-9H,4H2,1-3H3;2,5-8H,4H2,1,3H3;3H,1H2,2H3;6*1-2H2;;;2*1H3;;;;;/q;;;-1;;;;;;;;4*-1;+1;+2;;+1;/b3*7-5+,8-6?;;;;;;;;;;;;;;;;;. The second-order valence-corrected chi connectivity index (χ2v) is 11.3. The zero-order valence-corrected chi connectivity index (χ0v) is 54.2. The summed E-state index contributed by atoms with van der Waals surface area (Å²) >= 11 is 0. The van der Waals surface area contributed by atoms with Gasteiger partial charge in [0.05, 0.1) is 0 Å². The van der Waals surface area contributed by atoms with E-state index in [9.17, 15) is 35.1 Å². The van der Waals surface area contributed by atoms with Crippen molar-refractivity contribution in [1.82, 2.24) is 0 Å². The molecule has 0 spiro atoms. The van der Waals surface area contributed by atoms with E-state index in [2.05, 4.69) is 85.5 Å². The first-order valence-electron chi connectivity index (χ1n) is 20.8. The summed E-state index contributed by atoms with van der Waals surface area (Å²) in [5, 5.41) is 12.5. The fourth-order valence-electron chi connectivity index (χ4n) is 3.09. The molecule has 0 rings (SSSR count). The maximum absolute atomic E-state index is 13.1. The van der Waals surface area contributed by atoms with Crippen LogP contribution in [0.2, 0.25) is 0 Å². The van der Waals surface area contributed by atoms with Crippen molar-refractivity contribution in [3.63, 3.8) is 0 Å². The van der Waals surface area contributed by atoms with Crippen molar-refractivity contribution in [2.45, 2.75) is 132 Å². The maximum Gasteiger partial charge on any atom is 2.00 e. The van der Waals surface area contributed by atoms with Crippen molar-refractivity contribution in [3.8, 4) is 0 Å². The van der Waals surface area contributed by atoms with Gasteiger partial charge in [-0.05, 0) is 77.7 Å². The van der Waals surface area contributed by atoms with Crippen LogP contribution in [0.3, 0.4) is 0 Å². The molecule has 4 atom stereocenters. The fraction of sp³-hybridized carbons (Fsp3) is 0.414. The minimum absolute atomic E-state index is 0. The average molecular weight is 1350 g/mol. The predicted molar refractivity (Wildman–Crippen MR) is 299 cm³/mol. The minimum Gasteiger partial charge on any atom is -0.517 e. The van der Waals surface area contributed by atoms with Gasteiger partial charge in [0.15, 0.2) is 0 Å². The number of allylic oxidation sites excluding steroid dienone is 16. The van der Waals surface area contributed by atoms with Crippen LogP contribution in [0.1, 0.15) is 109 Å². The molecule has 0 bridgehead atoms. The van der Waals surface area contributed by atoms with Crippen molar-refractivity contribution < 1.29 is 128 Å². The van der Waals surface area contributed by atoms with Crippen molar-refractivity contribution >= 4 is 18.9 Å². The molecule has 0 aromatic carbocycles. The van der Waals surface area contributed by atoms with Crippen LogP contribution in [0.25, 0.3) is 0 Å². The summed E-state index contributed by atoms with van der Waals surface area (Å²) in [5.74, 6) is -14.0. The Morgan fingerprint density at radius 1 is 0.452 bits per heavy atom. The van der Waals surface area contributed by atoms with E-state index in [-0.39, 0.29) is 127 Å². The quantitative estimate of drug-likeness (QED) is 0.0669. The van der Waals surface area contributed by atoms with Gasteiger partial charge in [0.25, 0.3) is 23.7 Å². The van der Waals surface area contributed by atoms with Gasteiger partial charge in [-0.25, -0.2) is 35.1 Å². The van der Waals surface area contributed by atoms with E-state index in [0.29, 0.717) is 25.7 Å². The smallest absolute Gasteiger partial charge is 0.517 e. The Bertz CT molecular complexity index is 1120. The van der Waals surface area contributed by atoms with E-state index in [1.54, 1.807) is 45.1 Å². The molecule has 0 aromatic rings. The van der Waals surface area contributed by atoms with Crippen molar-refractivity contribution in [2.75, 3.05) is 0 Å². The molecule has 0 heterocycles. The van der Waals surface area contributed by atoms with E-state index in [0.717, 1.165) is 30.4 Å². The number of alkyl halides is 8. The SMILES string of the molecule is C/C=C/C(C)C(F)(F)C=CCC.C/C=C/C(C)C(F)(F)C=CCC.C/C=C/C(C)C(F)(F)C=CCC.C=C.C=C.C=C.C=C.C=C.C=C.C=CC.[C-]#N.[C-]#N.[CH-]=CC(C)C(F)(F)C=CCC.[CH3-].[CH3-].[Cu+2].[Cu+].[Li+].[Li].[Th]. The van der Waals surface area contributed by atoms with Crippen LogP contribution < -0.4 is 18.9 Å². The van der Waals surface area contributed by atoms with Crippen LogP contribution in [0.5, 0.6) is 0 Å². The Balaban J connectivity index is -0.0000000248. The van der Waals surface area contributed by atoms with Gasteiger partial charge in [0, 0.05) is 82.5 Å². The van der Waals surface area contributed by atoms with Crippen molar-refractivity contribution in [3.05, 3.63) is 217 Å². The Hall–Kier alpha value is -1.92. The summed E-state index contributed by atoms with van der Waals surface area (Å²) in [6.07, 6.45) is 24.6. The van der Waals surface area contributed by atoms with E-state index < -0.39 is 47.4 Å². The Kier molecular flexibility index (Phi) is 210. The molecular formula is C58H97Cu2F8Li2N2Th-. The van der Waals surface area contributed by atoms with Crippen LogP contribution in [0, 0.1) is 109 Å². The third-order valence-electron chi connectivity index (χ3n) is 6.46. The molecule has 0 aliphatic rings. The second kappa shape index (κ2) is 114. The van der Waals surface area contributed by atoms with Crippen molar-refractivity contribution in [1.29, 1.82) is 10.5 Å². The van der Waals surface area contributed by atoms with Gasteiger partial charge in [-0.1, -0.05) is 122 Å². The monoisotopic (exact) mass is 1350 g/mol. The van der Waals surface area contributed by atoms with Crippen LogP contribution in [0.4, 0.5) is 35.1 Å². The largest absolute Gasteiger partial charge is 2.00 e. The molecule has 0 aliphatic carbocycles. The van der Waals surface area contributed by atoms with Gasteiger partial charge >= 0.3 is 53.0 Å². The Labute approximate surface area is 525 Å². The first-order chi connectivity index (χ1) is 31.1. The zero-order chi connectivity index (χ0) is 56.5. The van der Waals surface area contributed by atoms with Gasteiger partial charge in [-0.2, -0.15) is 0 Å². The van der Waals surface area contributed by atoms with E-state index >= 15 is 0 Å². The van der Waals surface area contributed by atoms with Crippen molar-refractivity contribution in [2.24, 2.45) is 23.7 Å². The molecule has 15 heteroatoms. The first-order valence-corrected chi connectivity index (χ1v) is 20.8. The summed E-state index contributed by atoms with van der Waals surface area (Å²) in [6, 6.07) is 0. The van der Waals surface area contributed by atoms with E-state index in [4.69, 9.17) is 30.2 Å². The van der Waals surface area contributed by atoms with Gasteiger partial charge in [0.1, 0.15) is 0 Å². The number of hydrogen-bond donors (Lipinski definition) is 0. The topological polar surface area (TPSA) is 47.6 Å². The molecule has 2 nitrogen and oxygen atoms in total. The summed E-state index contributed by atoms with van der Waals surface area (Å²) in [6.45, 7) is 74.2. The fourth-order valence-corrected chi connectivity index (χ4v) is 3.09. The number of halogens is 8. The van der Waals surface area contributed by atoms with Crippen LogP contribution >= 0.6 is 0 Å². The molecule has 73 heavy (non-hydrogen) atoms. The van der Waals surface area contributed by atoms with E-state index in [1.807, 2.05) is 34.6 Å². The predicted octanol–water partition coefficient (Wildman–Crippen LogP) is 18.3. The summed E-state index contributed by atoms with van der Waals surface area (Å²) in [4.78, 5) is 0. The first kappa shape index (κ1) is 134. The molecule has 0 fully saturated rings. The Morgan fingerprint density at radius 3 is 0.671 bits per heavy atom. The molecular weight excluding hydrogens is 1250 g/mol. The summed E-state index contributed by atoms with van der Waals surface area (Å²) < 4.78 is 104. The Morgan fingerprint density at radius 2 is 0.575 bits per heavy atom. The van der Waals surface area contributed by atoms with Crippen LogP contribution in [-0.4, -0.2) is 42.6 Å². The molecule has 0 aliphatic heterocycles. The van der Waals surface area contributed by atoms with Crippen LogP contribution in [0.15, 0.2) is 183 Å². The van der Waals surface area contributed by atoms with Gasteiger partial charge in [-0.3, -0.25) is 6.08 Å². The molecule has 2 radical (unpaired) electrons. The molecule has 0 N–H and O–H groups in total. The average Bonchev–Trinajstić information content (AvgIpc) is 3.34. The molecule has 424 valence electrons. The maximum atomic E-state index is 13.1. The molecule has 0 saturated carbocycles. The molecule has 0 saturated heterocycles. The molecule has 0 amide bonds. The molecule has 0 aromatic heterocycles. The van der Waals surface area contributed by atoms with E-state index in [1.165, 1.54) is 70.2 Å². The third kappa shape index (κ3) is 115. The normalized spacial score (nSPS) is 10.8. The number of nitrogens with zero attached hydrogens (tertiary/aromatic N) is 2. The number of hydrogen-bond acceptors (Lipinski definition) is 2. The summed E-state index contributed by atoms with van der Waals surface area (Å²) in [7, 11) is 0. The molecule has 4 unspecified atom stereocenters. The zero-order valence-electron chi connectivity index (χ0n) is 48.2. The summed E-state index contributed by atoms with van der Waals surface area (Å²) in [5.41, 5.74) is 0. The van der Waals surface area contributed by atoms with Gasteiger partial charge < -0.3 is 45.1 Å². The number of rotatable bonds is 16. The van der Waals surface area contributed by atoms with Gasteiger partial charge in [0.2, 0.25) is 0 Å². The minimum atomic E-state index is -2.80. The third-order valence-corrected chi connectivity index (χ3v) is 6.46.